The molecule has 0 amide bonds. The number of nitrogens with zero attached hydrogens (tertiary/aromatic N) is 2. The fourth-order valence-corrected chi connectivity index (χ4v) is 2.27. The number of hydrogen-bond donors (Lipinski definition) is 2. The summed E-state index contributed by atoms with van der Waals surface area (Å²) in [5, 5.41) is 8.83. The van der Waals surface area contributed by atoms with Gasteiger partial charge in [0.25, 0.3) is 0 Å². The molecule has 92 valence electrons. The topological polar surface area (TPSA) is 89.1 Å². The van der Waals surface area contributed by atoms with Gasteiger partial charge in [-0.25, -0.2) is 9.97 Å². The highest BCUT2D eigenvalue weighted by Gasteiger charge is 2.21. The summed E-state index contributed by atoms with van der Waals surface area (Å²) in [6, 6.07) is 0.743. The Morgan fingerprint density at radius 3 is 2.76 bits per heavy atom. The monoisotopic (exact) mass is 235 g/mol. The van der Waals surface area contributed by atoms with Gasteiger partial charge in [-0.2, -0.15) is 0 Å². The van der Waals surface area contributed by atoms with Gasteiger partial charge >= 0.3 is 5.97 Å². The lowest BCUT2D eigenvalue weighted by Gasteiger charge is -2.21. The second-order valence-electron chi connectivity index (χ2n) is 4.49. The van der Waals surface area contributed by atoms with Crippen LogP contribution in [0.5, 0.6) is 0 Å². The van der Waals surface area contributed by atoms with E-state index in [-0.39, 0.29) is 5.82 Å². The number of nitrogens with two attached hydrogens (primary N) is 1. The van der Waals surface area contributed by atoms with Gasteiger partial charge in [0.15, 0.2) is 11.9 Å². The number of rotatable bonds is 3. The summed E-state index contributed by atoms with van der Waals surface area (Å²) in [5.41, 5.74) is 6.45. The SMILES string of the molecule is NC(C(=O)O)c1nccc(C2CCCCC2)n1. The normalized spacial score (nSPS) is 18.9. The summed E-state index contributed by atoms with van der Waals surface area (Å²) >= 11 is 0. The van der Waals surface area contributed by atoms with Crippen LogP contribution in [0, 0.1) is 0 Å². The number of carboxylic acid groups (broad SMARTS) is 1. The van der Waals surface area contributed by atoms with Crippen LogP contribution in [-0.4, -0.2) is 21.0 Å². The molecule has 1 atom stereocenters. The third-order valence-electron chi connectivity index (χ3n) is 3.26. The molecule has 0 aliphatic heterocycles. The van der Waals surface area contributed by atoms with E-state index in [9.17, 15) is 4.79 Å². The molecule has 0 spiro atoms. The number of aliphatic carboxylic acids is 1. The summed E-state index contributed by atoms with van der Waals surface area (Å²) in [4.78, 5) is 19.0. The minimum atomic E-state index is -1.13. The third-order valence-corrected chi connectivity index (χ3v) is 3.26. The predicted octanol–water partition coefficient (Wildman–Crippen LogP) is 1.61. The summed E-state index contributed by atoms with van der Waals surface area (Å²) in [5.74, 6) is -0.446. The van der Waals surface area contributed by atoms with Gasteiger partial charge < -0.3 is 10.8 Å². The van der Waals surface area contributed by atoms with E-state index in [4.69, 9.17) is 10.8 Å². The van der Waals surface area contributed by atoms with Crippen LogP contribution in [0.4, 0.5) is 0 Å². The summed E-state index contributed by atoms with van der Waals surface area (Å²) < 4.78 is 0. The Morgan fingerprint density at radius 2 is 2.12 bits per heavy atom. The van der Waals surface area contributed by atoms with Crippen LogP contribution in [-0.2, 0) is 4.79 Å². The molecule has 1 aliphatic carbocycles. The minimum Gasteiger partial charge on any atom is -0.480 e. The molecule has 1 aromatic heterocycles. The Morgan fingerprint density at radius 1 is 1.41 bits per heavy atom. The van der Waals surface area contributed by atoms with Gasteiger partial charge in [-0.1, -0.05) is 19.3 Å². The molecule has 0 bridgehead atoms. The van der Waals surface area contributed by atoms with Crippen LogP contribution < -0.4 is 5.73 Å². The quantitative estimate of drug-likeness (QED) is 0.830. The van der Waals surface area contributed by atoms with Crippen LogP contribution in [0.3, 0.4) is 0 Å². The fraction of sp³-hybridized carbons (Fsp3) is 0.583. The van der Waals surface area contributed by atoms with E-state index in [2.05, 4.69) is 9.97 Å². The molecule has 1 aromatic rings. The molecule has 0 saturated heterocycles. The summed E-state index contributed by atoms with van der Waals surface area (Å²) in [7, 11) is 0. The average Bonchev–Trinajstić information content (AvgIpc) is 2.39. The van der Waals surface area contributed by atoms with Gasteiger partial charge in [0, 0.05) is 17.8 Å². The lowest BCUT2D eigenvalue weighted by Crippen LogP contribution is -2.24. The van der Waals surface area contributed by atoms with Crippen molar-refractivity contribution >= 4 is 5.97 Å². The van der Waals surface area contributed by atoms with Crippen molar-refractivity contribution in [1.82, 2.24) is 9.97 Å². The molecule has 1 aliphatic rings. The van der Waals surface area contributed by atoms with Gasteiger partial charge in [-0.05, 0) is 18.9 Å². The van der Waals surface area contributed by atoms with Crippen molar-refractivity contribution in [3.05, 3.63) is 23.8 Å². The molecule has 5 heteroatoms. The standard InChI is InChI=1S/C12H17N3O2/c13-10(12(16)17)11-14-7-6-9(15-11)8-4-2-1-3-5-8/h6-8,10H,1-5,13H2,(H,16,17). The van der Waals surface area contributed by atoms with E-state index in [1.54, 1.807) is 6.20 Å². The Hall–Kier alpha value is -1.49. The first-order chi connectivity index (χ1) is 8.18. The molecule has 1 fully saturated rings. The largest absolute Gasteiger partial charge is 0.480 e. The fourth-order valence-electron chi connectivity index (χ4n) is 2.27. The smallest absolute Gasteiger partial charge is 0.328 e. The van der Waals surface area contributed by atoms with E-state index in [0.717, 1.165) is 18.5 Å². The third kappa shape index (κ3) is 2.79. The first-order valence-corrected chi connectivity index (χ1v) is 5.99. The first kappa shape index (κ1) is 12.0. The highest BCUT2D eigenvalue weighted by Crippen LogP contribution is 2.31. The van der Waals surface area contributed by atoms with Crippen LogP contribution in [0.25, 0.3) is 0 Å². The highest BCUT2D eigenvalue weighted by molar-refractivity contribution is 5.73. The van der Waals surface area contributed by atoms with Crippen LogP contribution in [0.1, 0.15) is 55.6 Å². The molecule has 1 unspecified atom stereocenters. The molecule has 0 aromatic carbocycles. The maximum absolute atomic E-state index is 10.8. The first-order valence-electron chi connectivity index (χ1n) is 5.99. The van der Waals surface area contributed by atoms with Crippen LogP contribution in [0.15, 0.2) is 12.3 Å². The molecular weight excluding hydrogens is 218 g/mol. The molecular formula is C12H17N3O2. The van der Waals surface area contributed by atoms with Gasteiger partial charge in [-0.15, -0.1) is 0 Å². The van der Waals surface area contributed by atoms with Crippen molar-refractivity contribution in [2.45, 2.75) is 44.1 Å². The minimum absolute atomic E-state index is 0.209. The Balaban J connectivity index is 2.18. The van der Waals surface area contributed by atoms with Crippen molar-refractivity contribution in [1.29, 1.82) is 0 Å². The van der Waals surface area contributed by atoms with Gasteiger partial charge in [0.05, 0.1) is 0 Å². The molecule has 3 N–H and O–H groups in total. The maximum atomic E-state index is 10.8. The lowest BCUT2D eigenvalue weighted by molar-refractivity contribution is -0.138. The molecule has 1 heterocycles. The highest BCUT2D eigenvalue weighted by atomic mass is 16.4. The number of carbonyl (C=O) groups is 1. The Labute approximate surface area is 100 Å². The second-order valence-corrected chi connectivity index (χ2v) is 4.49. The summed E-state index contributed by atoms with van der Waals surface area (Å²) in [6.07, 6.45) is 7.57. The van der Waals surface area contributed by atoms with Crippen LogP contribution in [0.2, 0.25) is 0 Å². The molecule has 5 nitrogen and oxygen atoms in total. The maximum Gasteiger partial charge on any atom is 0.328 e. The second kappa shape index (κ2) is 5.23. The lowest BCUT2D eigenvalue weighted by atomic mass is 9.87. The Kier molecular flexibility index (Phi) is 3.68. The average molecular weight is 235 g/mol. The zero-order valence-electron chi connectivity index (χ0n) is 9.67. The van der Waals surface area contributed by atoms with E-state index in [1.807, 2.05) is 6.07 Å². The zero-order chi connectivity index (χ0) is 12.3. The van der Waals surface area contributed by atoms with Crippen molar-refractivity contribution in [2.24, 2.45) is 5.73 Å². The van der Waals surface area contributed by atoms with Crippen molar-refractivity contribution in [3.63, 3.8) is 0 Å². The predicted molar refractivity (Wildman–Crippen MR) is 62.4 cm³/mol. The van der Waals surface area contributed by atoms with Gasteiger partial charge in [0.1, 0.15) is 0 Å². The van der Waals surface area contributed by atoms with Crippen molar-refractivity contribution < 1.29 is 9.90 Å². The van der Waals surface area contributed by atoms with Crippen molar-refractivity contribution in [3.8, 4) is 0 Å². The zero-order valence-corrected chi connectivity index (χ0v) is 9.67. The Bertz CT molecular complexity index is 402. The molecule has 1 saturated carbocycles. The number of carboxylic acids is 1. The number of aromatic nitrogens is 2. The van der Waals surface area contributed by atoms with Crippen molar-refractivity contribution in [2.75, 3.05) is 0 Å². The number of hydrogen-bond acceptors (Lipinski definition) is 4. The van der Waals surface area contributed by atoms with Gasteiger partial charge in [0.2, 0.25) is 0 Å². The molecule has 2 rings (SSSR count). The molecule has 17 heavy (non-hydrogen) atoms. The van der Waals surface area contributed by atoms with E-state index >= 15 is 0 Å². The van der Waals surface area contributed by atoms with E-state index < -0.39 is 12.0 Å². The molecule has 0 radical (unpaired) electrons. The van der Waals surface area contributed by atoms with Crippen LogP contribution >= 0.6 is 0 Å². The summed E-state index contributed by atoms with van der Waals surface area (Å²) in [6.45, 7) is 0. The van der Waals surface area contributed by atoms with Gasteiger partial charge in [-0.3, -0.25) is 4.79 Å². The van der Waals surface area contributed by atoms with E-state index in [0.29, 0.717) is 5.92 Å². The van der Waals surface area contributed by atoms with E-state index in [1.165, 1.54) is 19.3 Å².